The monoisotopic (exact) mass is 212 g/mol. The summed E-state index contributed by atoms with van der Waals surface area (Å²) in [6, 6.07) is 0. The normalized spacial score (nSPS) is 25.8. The van der Waals surface area contributed by atoms with Crippen LogP contribution in [0.5, 0.6) is 0 Å². The van der Waals surface area contributed by atoms with Crippen LogP contribution >= 0.6 is 0 Å². The van der Waals surface area contributed by atoms with Crippen LogP contribution in [0.1, 0.15) is 26.2 Å². The van der Waals surface area contributed by atoms with E-state index in [0.717, 1.165) is 6.42 Å². The summed E-state index contributed by atoms with van der Waals surface area (Å²) in [6.45, 7) is 2.26. The molecule has 0 spiro atoms. The van der Waals surface area contributed by atoms with E-state index in [-0.39, 0.29) is 30.8 Å². The molecule has 0 aromatic heterocycles. The predicted molar refractivity (Wildman–Crippen MR) is 54.2 cm³/mol. The number of aliphatic carboxylic acids is 1. The Balaban J connectivity index is 2.52. The summed E-state index contributed by atoms with van der Waals surface area (Å²) >= 11 is 0. The van der Waals surface area contributed by atoms with Crippen molar-refractivity contribution in [1.82, 2.24) is 0 Å². The first kappa shape index (κ1) is 11.8. The van der Waals surface area contributed by atoms with Crippen LogP contribution in [-0.2, 0) is 14.3 Å². The van der Waals surface area contributed by atoms with Gasteiger partial charge in [-0.15, -0.1) is 0 Å². The van der Waals surface area contributed by atoms with Gasteiger partial charge >= 0.3 is 11.9 Å². The summed E-state index contributed by atoms with van der Waals surface area (Å²) in [5, 5.41) is 8.66. The lowest BCUT2D eigenvalue weighted by molar-refractivity contribution is -0.141. The molecule has 1 heterocycles. The Morgan fingerprint density at radius 3 is 2.93 bits per heavy atom. The standard InChI is InChI=1S/C11H16O4/c1-2-3-4-5-9-8(6-10(12)13)7-15-11(9)14/h3-4,8-9H,2,5-7H2,1H3,(H,12,13)/b4-3-/t8-,9-/m0/s1. The molecule has 15 heavy (non-hydrogen) atoms. The van der Waals surface area contributed by atoms with Crippen molar-refractivity contribution in [2.45, 2.75) is 26.2 Å². The minimum atomic E-state index is -0.872. The number of carboxylic acid groups (broad SMARTS) is 1. The third-order valence-electron chi connectivity index (χ3n) is 2.54. The van der Waals surface area contributed by atoms with Gasteiger partial charge in [0.2, 0.25) is 0 Å². The number of carboxylic acids is 1. The maximum absolute atomic E-state index is 11.3. The highest BCUT2D eigenvalue weighted by atomic mass is 16.5. The Morgan fingerprint density at radius 1 is 1.60 bits per heavy atom. The van der Waals surface area contributed by atoms with E-state index in [9.17, 15) is 9.59 Å². The van der Waals surface area contributed by atoms with Gasteiger partial charge in [0.15, 0.2) is 0 Å². The number of allylic oxidation sites excluding steroid dienone is 2. The largest absolute Gasteiger partial charge is 0.481 e. The van der Waals surface area contributed by atoms with Crippen LogP contribution in [0, 0.1) is 11.8 Å². The lowest BCUT2D eigenvalue weighted by Crippen LogP contribution is -2.18. The van der Waals surface area contributed by atoms with E-state index < -0.39 is 5.97 Å². The molecular weight excluding hydrogens is 196 g/mol. The smallest absolute Gasteiger partial charge is 0.309 e. The van der Waals surface area contributed by atoms with E-state index in [4.69, 9.17) is 9.84 Å². The van der Waals surface area contributed by atoms with Crippen molar-refractivity contribution in [1.29, 1.82) is 0 Å². The van der Waals surface area contributed by atoms with E-state index in [1.54, 1.807) is 0 Å². The first-order valence-electron chi connectivity index (χ1n) is 5.18. The van der Waals surface area contributed by atoms with Crippen LogP contribution in [0.3, 0.4) is 0 Å². The highest BCUT2D eigenvalue weighted by Crippen LogP contribution is 2.28. The number of carbonyl (C=O) groups is 2. The second-order valence-corrected chi connectivity index (χ2v) is 3.71. The number of rotatable bonds is 5. The van der Waals surface area contributed by atoms with Crippen LogP contribution in [0.4, 0.5) is 0 Å². The molecule has 2 atom stereocenters. The maximum atomic E-state index is 11.3. The van der Waals surface area contributed by atoms with Gasteiger partial charge < -0.3 is 9.84 Å². The molecule has 1 aliphatic heterocycles. The Morgan fingerprint density at radius 2 is 2.33 bits per heavy atom. The summed E-state index contributed by atoms with van der Waals surface area (Å²) in [5.74, 6) is -1.58. The quantitative estimate of drug-likeness (QED) is 0.555. The second-order valence-electron chi connectivity index (χ2n) is 3.71. The highest BCUT2D eigenvalue weighted by Gasteiger charge is 2.36. The molecule has 0 bridgehead atoms. The van der Waals surface area contributed by atoms with Crippen LogP contribution in [-0.4, -0.2) is 23.7 Å². The molecule has 84 valence electrons. The molecule has 0 unspecified atom stereocenters. The summed E-state index contributed by atoms with van der Waals surface area (Å²) in [4.78, 5) is 21.9. The van der Waals surface area contributed by atoms with E-state index >= 15 is 0 Å². The molecule has 0 amide bonds. The predicted octanol–water partition coefficient (Wildman–Crippen LogP) is 1.61. The molecule has 1 fully saturated rings. The first-order valence-corrected chi connectivity index (χ1v) is 5.18. The molecular formula is C11H16O4. The summed E-state index contributed by atoms with van der Waals surface area (Å²) in [6.07, 6.45) is 5.42. The molecule has 0 saturated carbocycles. The van der Waals surface area contributed by atoms with Crippen molar-refractivity contribution in [3.63, 3.8) is 0 Å². The zero-order chi connectivity index (χ0) is 11.3. The molecule has 1 N–H and O–H groups in total. The van der Waals surface area contributed by atoms with Crippen molar-refractivity contribution >= 4 is 11.9 Å². The van der Waals surface area contributed by atoms with Crippen molar-refractivity contribution in [3.8, 4) is 0 Å². The van der Waals surface area contributed by atoms with Crippen molar-refractivity contribution in [2.24, 2.45) is 11.8 Å². The third kappa shape index (κ3) is 3.38. The van der Waals surface area contributed by atoms with Gasteiger partial charge in [-0.1, -0.05) is 19.1 Å². The summed E-state index contributed by atoms with van der Waals surface area (Å²) in [7, 11) is 0. The van der Waals surface area contributed by atoms with Gasteiger partial charge in [-0.05, 0) is 12.8 Å². The lowest BCUT2D eigenvalue weighted by Gasteiger charge is -2.10. The average Bonchev–Trinajstić information content (AvgIpc) is 2.49. The topological polar surface area (TPSA) is 63.6 Å². The van der Waals surface area contributed by atoms with Crippen LogP contribution < -0.4 is 0 Å². The van der Waals surface area contributed by atoms with Gasteiger partial charge in [-0.3, -0.25) is 9.59 Å². The fourth-order valence-electron chi connectivity index (χ4n) is 1.73. The molecule has 1 aliphatic rings. The molecule has 1 saturated heterocycles. The number of hydrogen-bond donors (Lipinski definition) is 1. The number of ether oxygens (including phenoxy) is 1. The first-order chi connectivity index (χ1) is 7.15. The minimum absolute atomic E-state index is 0.0103. The second kappa shape index (κ2) is 5.53. The molecule has 0 aromatic rings. The zero-order valence-corrected chi connectivity index (χ0v) is 8.81. The number of esters is 1. The Labute approximate surface area is 88.9 Å². The minimum Gasteiger partial charge on any atom is -0.481 e. The highest BCUT2D eigenvalue weighted by molar-refractivity contribution is 5.76. The number of hydrogen-bond acceptors (Lipinski definition) is 3. The van der Waals surface area contributed by atoms with Gasteiger partial charge in [-0.2, -0.15) is 0 Å². The van der Waals surface area contributed by atoms with E-state index in [2.05, 4.69) is 0 Å². The van der Waals surface area contributed by atoms with Crippen molar-refractivity contribution in [2.75, 3.05) is 6.61 Å². The Hall–Kier alpha value is -1.32. The molecule has 0 radical (unpaired) electrons. The van der Waals surface area contributed by atoms with Crippen molar-refractivity contribution in [3.05, 3.63) is 12.2 Å². The Kier molecular flexibility index (Phi) is 4.34. The van der Waals surface area contributed by atoms with Crippen LogP contribution in [0.15, 0.2) is 12.2 Å². The lowest BCUT2D eigenvalue weighted by atomic mass is 9.89. The van der Waals surface area contributed by atoms with Gasteiger partial charge in [0, 0.05) is 5.92 Å². The Bertz CT molecular complexity index is 270. The van der Waals surface area contributed by atoms with Gasteiger partial charge in [-0.25, -0.2) is 0 Å². The zero-order valence-electron chi connectivity index (χ0n) is 8.81. The molecule has 0 aliphatic carbocycles. The number of carbonyl (C=O) groups excluding carboxylic acids is 1. The van der Waals surface area contributed by atoms with Gasteiger partial charge in [0.1, 0.15) is 0 Å². The van der Waals surface area contributed by atoms with E-state index in [1.807, 2.05) is 19.1 Å². The van der Waals surface area contributed by atoms with Crippen LogP contribution in [0.2, 0.25) is 0 Å². The molecule has 4 heteroatoms. The molecule has 0 aromatic carbocycles. The number of cyclic esters (lactones) is 1. The molecule has 4 nitrogen and oxygen atoms in total. The van der Waals surface area contributed by atoms with E-state index in [1.165, 1.54) is 0 Å². The SMILES string of the molecule is CC/C=C\C[C@@H]1C(=O)OC[C@@H]1CC(=O)O. The fourth-order valence-corrected chi connectivity index (χ4v) is 1.73. The summed E-state index contributed by atoms with van der Waals surface area (Å²) < 4.78 is 4.87. The van der Waals surface area contributed by atoms with Gasteiger partial charge in [0.25, 0.3) is 0 Å². The summed E-state index contributed by atoms with van der Waals surface area (Å²) in [5.41, 5.74) is 0. The maximum Gasteiger partial charge on any atom is 0.309 e. The van der Waals surface area contributed by atoms with Gasteiger partial charge in [0.05, 0.1) is 18.9 Å². The van der Waals surface area contributed by atoms with Crippen LogP contribution in [0.25, 0.3) is 0 Å². The third-order valence-corrected chi connectivity index (χ3v) is 2.54. The average molecular weight is 212 g/mol. The fraction of sp³-hybridized carbons (Fsp3) is 0.636. The molecule has 1 rings (SSSR count). The van der Waals surface area contributed by atoms with Crippen molar-refractivity contribution < 1.29 is 19.4 Å². The van der Waals surface area contributed by atoms with E-state index in [0.29, 0.717) is 6.42 Å².